The van der Waals surface area contributed by atoms with Crippen LogP contribution in [0.1, 0.15) is 25.6 Å². The molecule has 146 valence electrons. The highest BCUT2D eigenvalue weighted by Gasteiger charge is 2.27. The van der Waals surface area contributed by atoms with Gasteiger partial charge in [-0.15, -0.1) is 0 Å². The molecule has 2 aromatic rings. The molecule has 1 saturated heterocycles. The van der Waals surface area contributed by atoms with Crippen LogP contribution in [0.25, 0.3) is 0 Å². The number of nitrogens with one attached hydrogen (secondary N) is 1. The summed E-state index contributed by atoms with van der Waals surface area (Å²) in [6.07, 6.45) is 3.30. The van der Waals surface area contributed by atoms with E-state index in [4.69, 9.17) is 0 Å². The Labute approximate surface area is 160 Å². The van der Waals surface area contributed by atoms with Crippen molar-refractivity contribution in [2.24, 2.45) is 0 Å². The van der Waals surface area contributed by atoms with E-state index in [1.165, 1.54) is 0 Å². The van der Waals surface area contributed by atoms with Crippen molar-refractivity contribution in [3.8, 4) is 0 Å². The fourth-order valence-corrected chi connectivity index (χ4v) is 4.63. The lowest BCUT2D eigenvalue weighted by atomic mass is 10.3. The largest absolute Gasteiger partial charge is 0.354 e. The Morgan fingerprint density at radius 3 is 2.56 bits per heavy atom. The monoisotopic (exact) mass is 390 g/mol. The highest BCUT2D eigenvalue weighted by molar-refractivity contribution is 7.89. The molecule has 1 fully saturated rings. The van der Waals surface area contributed by atoms with Crippen LogP contribution in [-0.2, 0) is 10.0 Å². The summed E-state index contributed by atoms with van der Waals surface area (Å²) in [5.41, 5.74) is 0. The summed E-state index contributed by atoms with van der Waals surface area (Å²) < 4.78 is 26.3. The minimum atomic E-state index is -3.15. The van der Waals surface area contributed by atoms with E-state index < -0.39 is 10.0 Å². The number of hydrogen-bond donors (Lipinski definition) is 1. The van der Waals surface area contributed by atoms with Gasteiger partial charge in [-0.05, 0) is 25.5 Å². The van der Waals surface area contributed by atoms with Gasteiger partial charge in [0.15, 0.2) is 0 Å². The van der Waals surface area contributed by atoms with E-state index in [0.29, 0.717) is 50.1 Å². The average molecular weight is 391 g/mol. The number of hydrogen-bond acceptors (Lipinski definition) is 7. The van der Waals surface area contributed by atoms with E-state index in [2.05, 4.69) is 25.2 Å². The van der Waals surface area contributed by atoms with E-state index in [9.17, 15) is 8.42 Å². The molecule has 0 aliphatic carbocycles. The minimum absolute atomic E-state index is 0.230. The maximum atomic E-state index is 12.4. The van der Waals surface area contributed by atoms with Crippen LogP contribution in [0.5, 0.6) is 0 Å². The van der Waals surface area contributed by atoms with Gasteiger partial charge < -0.3 is 10.2 Å². The Morgan fingerprint density at radius 2 is 1.89 bits per heavy atom. The van der Waals surface area contributed by atoms with Crippen molar-refractivity contribution >= 4 is 27.5 Å². The van der Waals surface area contributed by atoms with Gasteiger partial charge in [-0.2, -0.15) is 4.31 Å². The molecule has 0 bridgehead atoms. The summed E-state index contributed by atoms with van der Waals surface area (Å²) in [7, 11) is -3.15. The van der Waals surface area contributed by atoms with Crippen molar-refractivity contribution in [1.82, 2.24) is 19.3 Å². The van der Waals surface area contributed by atoms with Gasteiger partial charge in [-0.25, -0.2) is 23.4 Å². The number of anilines is 3. The van der Waals surface area contributed by atoms with Gasteiger partial charge in [0.25, 0.3) is 0 Å². The molecule has 9 heteroatoms. The van der Waals surface area contributed by atoms with Gasteiger partial charge >= 0.3 is 0 Å². The molecule has 1 aliphatic heterocycles. The predicted octanol–water partition coefficient (Wildman–Crippen LogP) is 2.18. The molecule has 0 saturated carbocycles. The van der Waals surface area contributed by atoms with E-state index in [-0.39, 0.29) is 5.75 Å². The third-order valence-electron chi connectivity index (χ3n) is 4.46. The second-order valence-corrected chi connectivity index (χ2v) is 8.64. The standard InChI is InChI=1S/C18H26N6O2S/c1-3-4-13-27(25,26)24-11-9-23(10-12-24)18-14-17(20-15(2)21-18)22-16-7-5-6-8-19-16/h5-8,14H,3-4,9-13H2,1-2H3,(H,19,20,21,22). The number of piperazine rings is 1. The Morgan fingerprint density at radius 1 is 1.11 bits per heavy atom. The first-order valence-electron chi connectivity index (χ1n) is 9.24. The molecule has 27 heavy (non-hydrogen) atoms. The van der Waals surface area contributed by atoms with E-state index in [1.54, 1.807) is 10.5 Å². The molecule has 0 amide bonds. The topological polar surface area (TPSA) is 91.3 Å². The zero-order valence-electron chi connectivity index (χ0n) is 15.8. The predicted molar refractivity (Wildman–Crippen MR) is 107 cm³/mol. The number of sulfonamides is 1. The first kappa shape index (κ1) is 19.5. The summed E-state index contributed by atoms with van der Waals surface area (Å²) in [4.78, 5) is 15.3. The quantitative estimate of drug-likeness (QED) is 0.775. The van der Waals surface area contributed by atoms with Crippen LogP contribution in [0.4, 0.5) is 17.5 Å². The minimum Gasteiger partial charge on any atom is -0.354 e. The fraction of sp³-hybridized carbons (Fsp3) is 0.500. The maximum absolute atomic E-state index is 12.4. The van der Waals surface area contributed by atoms with Crippen LogP contribution in [0, 0.1) is 6.92 Å². The van der Waals surface area contributed by atoms with Crippen molar-refractivity contribution in [3.63, 3.8) is 0 Å². The van der Waals surface area contributed by atoms with Gasteiger partial charge in [-0.1, -0.05) is 19.4 Å². The van der Waals surface area contributed by atoms with Gasteiger partial charge in [0, 0.05) is 38.4 Å². The number of aromatic nitrogens is 3. The number of pyridine rings is 1. The molecule has 2 aromatic heterocycles. The second kappa shape index (κ2) is 8.62. The molecular formula is C18H26N6O2S. The lowest BCUT2D eigenvalue weighted by Crippen LogP contribution is -2.49. The lowest BCUT2D eigenvalue weighted by molar-refractivity contribution is 0.383. The molecule has 0 aromatic carbocycles. The zero-order valence-corrected chi connectivity index (χ0v) is 16.6. The third-order valence-corrected chi connectivity index (χ3v) is 6.41. The number of nitrogens with zero attached hydrogens (tertiary/aromatic N) is 5. The SMILES string of the molecule is CCCCS(=O)(=O)N1CCN(c2cc(Nc3ccccn3)nc(C)n2)CC1. The van der Waals surface area contributed by atoms with Gasteiger partial charge in [0.1, 0.15) is 23.3 Å². The van der Waals surface area contributed by atoms with E-state index in [1.807, 2.05) is 38.1 Å². The van der Waals surface area contributed by atoms with Crippen LogP contribution in [0.15, 0.2) is 30.5 Å². The Hall–Kier alpha value is -2.26. The van der Waals surface area contributed by atoms with Crippen molar-refractivity contribution < 1.29 is 8.42 Å². The molecule has 1 N–H and O–H groups in total. The fourth-order valence-electron chi connectivity index (χ4n) is 3.00. The van der Waals surface area contributed by atoms with Gasteiger partial charge in [0.05, 0.1) is 5.75 Å². The lowest BCUT2D eigenvalue weighted by Gasteiger charge is -2.34. The zero-order chi connectivity index (χ0) is 19.3. The third kappa shape index (κ3) is 5.14. The van der Waals surface area contributed by atoms with Crippen molar-refractivity contribution in [2.75, 3.05) is 42.1 Å². The average Bonchev–Trinajstić information content (AvgIpc) is 2.67. The summed E-state index contributed by atoms with van der Waals surface area (Å²) in [6, 6.07) is 7.51. The van der Waals surface area contributed by atoms with Crippen molar-refractivity contribution in [3.05, 3.63) is 36.3 Å². The van der Waals surface area contributed by atoms with Crippen molar-refractivity contribution in [2.45, 2.75) is 26.7 Å². The van der Waals surface area contributed by atoms with Gasteiger partial charge in [0.2, 0.25) is 10.0 Å². The molecule has 0 spiro atoms. The van der Waals surface area contributed by atoms with Gasteiger partial charge in [-0.3, -0.25) is 0 Å². The highest BCUT2D eigenvalue weighted by Crippen LogP contribution is 2.21. The second-order valence-electron chi connectivity index (χ2n) is 6.55. The first-order chi connectivity index (χ1) is 13.0. The van der Waals surface area contributed by atoms with Crippen LogP contribution in [-0.4, -0.2) is 59.6 Å². The number of rotatable bonds is 7. The van der Waals surface area contributed by atoms with Crippen LogP contribution < -0.4 is 10.2 Å². The summed E-state index contributed by atoms with van der Waals surface area (Å²) in [6.45, 7) is 6.05. The van der Waals surface area contributed by atoms with Crippen molar-refractivity contribution in [1.29, 1.82) is 0 Å². The van der Waals surface area contributed by atoms with Crippen LogP contribution >= 0.6 is 0 Å². The molecule has 3 rings (SSSR count). The summed E-state index contributed by atoms with van der Waals surface area (Å²) in [5, 5.41) is 3.19. The van der Waals surface area contributed by atoms with Crippen LogP contribution in [0.2, 0.25) is 0 Å². The summed E-state index contributed by atoms with van der Waals surface area (Å²) >= 11 is 0. The Bertz CT molecular complexity index is 851. The number of aryl methyl sites for hydroxylation is 1. The van der Waals surface area contributed by atoms with E-state index >= 15 is 0 Å². The summed E-state index contributed by atoms with van der Waals surface area (Å²) in [5.74, 6) is 3.08. The molecule has 0 radical (unpaired) electrons. The molecule has 0 unspecified atom stereocenters. The smallest absolute Gasteiger partial charge is 0.214 e. The number of unbranched alkanes of at least 4 members (excludes halogenated alkanes) is 1. The molecular weight excluding hydrogens is 364 g/mol. The normalized spacial score (nSPS) is 15.7. The molecule has 1 aliphatic rings. The Kier molecular flexibility index (Phi) is 6.22. The molecule has 8 nitrogen and oxygen atoms in total. The first-order valence-corrected chi connectivity index (χ1v) is 10.9. The molecule has 3 heterocycles. The van der Waals surface area contributed by atoms with E-state index in [0.717, 1.165) is 12.2 Å². The highest BCUT2D eigenvalue weighted by atomic mass is 32.2. The van der Waals surface area contributed by atoms with Crippen LogP contribution in [0.3, 0.4) is 0 Å². The maximum Gasteiger partial charge on any atom is 0.214 e. The Balaban J connectivity index is 1.67. The molecule has 0 atom stereocenters.